The van der Waals surface area contributed by atoms with E-state index in [4.69, 9.17) is 9.47 Å². The van der Waals surface area contributed by atoms with Crippen molar-refractivity contribution in [1.29, 1.82) is 0 Å². The summed E-state index contributed by atoms with van der Waals surface area (Å²) in [6.07, 6.45) is 0.254. The Hall–Kier alpha value is -2.57. The molecular formula is C18H24N2O5. The summed E-state index contributed by atoms with van der Waals surface area (Å²) >= 11 is 0. The van der Waals surface area contributed by atoms with Crippen LogP contribution in [0.1, 0.15) is 49.5 Å². The number of ether oxygens (including phenoxy) is 2. The van der Waals surface area contributed by atoms with Gasteiger partial charge in [0.05, 0.1) is 6.54 Å². The van der Waals surface area contributed by atoms with Crippen molar-refractivity contribution in [2.45, 2.75) is 51.9 Å². The van der Waals surface area contributed by atoms with Gasteiger partial charge >= 0.3 is 12.1 Å². The van der Waals surface area contributed by atoms with E-state index in [0.29, 0.717) is 24.9 Å². The molecule has 2 amide bonds. The highest BCUT2D eigenvalue weighted by Crippen LogP contribution is 2.13. The lowest BCUT2D eigenvalue weighted by atomic mass is 10.1. The van der Waals surface area contributed by atoms with Crippen LogP contribution in [-0.4, -0.2) is 36.2 Å². The van der Waals surface area contributed by atoms with Gasteiger partial charge in [-0.3, -0.25) is 9.59 Å². The molecule has 0 saturated carbocycles. The molecule has 0 radical (unpaired) electrons. The molecule has 1 aromatic carbocycles. The molecule has 7 nitrogen and oxygen atoms in total. The zero-order chi connectivity index (χ0) is 18.4. The third kappa shape index (κ3) is 6.45. The maximum atomic E-state index is 12.2. The summed E-state index contributed by atoms with van der Waals surface area (Å²) in [5, 5.41) is 5.41. The maximum Gasteiger partial charge on any atom is 0.407 e. The number of esters is 1. The van der Waals surface area contributed by atoms with Crippen molar-refractivity contribution < 1.29 is 23.9 Å². The summed E-state index contributed by atoms with van der Waals surface area (Å²) < 4.78 is 10.2. The molecule has 1 saturated heterocycles. The summed E-state index contributed by atoms with van der Waals surface area (Å²) in [6, 6.07) is 6.95. The van der Waals surface area contributed by atoms with E-state index in [2.05, 4.69) is 10.6 Å². The molecule has 1 unspecified atom stereocenters. The van der Waals surface area contributed by atoms with Gasteiger partial charge < -0.3 is 20.1 Å². The summed E-state index contributed by atoms with van der Waals surface area (Å²) in [6.45, 7) is 5.93. The number of amides is 2. The number of alkyl carbamates (subject to hydrolysis) is 1. The Morgan fingerprint density at radius 3 is 2.68 bits per heavy atom. The predicted octanol–water partition coefficient (Wildman–Crippen LogP) is 2.15. The third-order valence-corrected chi connectivity index (χ3v) is 3.48. The number of nitrogens with one attached hydrogen (secondary N) is 2. The van der Waals surface area contributed by atoms with E-state index in [1.807, 2.05) is 6.07 Å². The molecule has 0 aromatic heterocycles. The van der Waals surface area contributed by atoms with Crippen LogP contribution in [0.15, 0.2) is 24.3 Å². The van der Waals surface area contributed by atoms with Crippen LogP contribution < -0.4 is 10.6 Å². The molecule has 1 aromatic rings. The maximum absolute atomic E-state index is 12.2. The van der Waals surface area contributed by atoms with E-state index in [0.717, 1.165) is 5.56 Å². The van der Waals surface area contributed by atoms with E-state index in [-0.39, 0.29) is 24.5 Å². The van der Waals surface area contributed by atoms with Gasteiger partial charge in [-0.25, -0.2) is 4.79 Å². The minimum atomic E-state index is -0.560. The third-order valence-electron chi connectivity index (χ3n) is 3.48. The highest BCUT2D eigenvalue weighted by Gasteiger charge is 2.23. The van der Waals surface area contributed by atoms with Crippen LogP contribution in [-0.2, 0) is 20.8 Å². The quantitative estimate of drug-likeness (QED) is 0.795. The monoisotopic (exact) mass is 348 g/mol. The molecule has 0 spiro atoms. The van der Waals surface area contributed by atoms with Gasteiger partial charge in [0.2, 0.25) is 0 Å². The topological polar surface area (TPSA) is 93.7 Å². The van der Waals surface area contributed by atoms with Crippen molar-refractivity contribution in [1.82, 2.24) is 10.6 Å². The first-order valence-corrected chi connectivity index (χ1v) is 8.26. The van der Waals surface area contributed by atoms with Crippen molar-refractivity contribution >= 4 is 18.0 Å². The van der Waals surface area contributed by atoms with Crippen molar-refractivity contribution in [3.63, 3.8) is 0 Å². The van der Waals surface area contributed by atoms with Crippen LogP contribution >= 0.6 is 0 Å². The van der Waals surface area contributed by atoms with Gasteiger partial charge in [0, 0.05) is 18.5 Å². The lowest BCUT2D eigenvalue weighted by molar-refractivity contribution is -0.141. The number of carbonyl (C=O) groups is 3. The van der Waals surface area contributed by atoms with E-state index in [1.54, 1.807) is 39.0 Å². The first-order valence-electron chi connectivity index (χ1n) is 8.26. The molecule has 7 heteroatoms. The average molecular weight is 348 g/mol. The highest BCUT2D eigenvalue weighted by atomic mass is 16.6. The summed E-state index contributed by atoms with van der Waals surface area (Å²) in [4.78, 5) is 34.9. The fourth-order valence-corrected chi connectivity index (χ4v) is 2.35. The Kier molecular flexibility index (Phi) is 6.01. The van der Waals surface area contributed by atoms with Crippen LogP contribution in [0.4, 0.5) is 4.79 Å². The number of carbonyl (C=O) groups excluding carboxylic acids is 3. The van der Waals surface area contributed by atoms with E-state index in [9.17, 15) is 14.4 Å². The van der Waals surface area contributed by atoms with Gasteiger partial charge in [-0.2, -0.15) is 0 Å². The number of benzene rings is 1. The smallest absolute Gasteiger partial charge is 0.407 e. The minimum Gasteiger partial charge on any atom is -0.460 e. The highest BCUT2D eigenvalue weighted by molar-refractivity contribution is 5.94. The molecule has 25 heavy (non-hydrogen) atoms. The molecule has 1 aliphatic rings. The Bertz CT molecular complexity index is 651. The second-order valence-electron chi connectivity index (χ2n) is 6.92. The van der Waals surface area contributed by atoms with Crippen LogP contribution in [0.5, 0.6) is 0 Å². The zero-order valence-electron chi connectivity index (χ0n) is 14.8. The molecule has 1 fully saturated rings. The van der Waals surface area contributed by atoms with E-state index in [1.165, 1.54) is 0 Å². The molecule has 1 aliphatic heterocycles. The molecule has 2 rings (SSSR count). The van der Waals surface area contributed by atoms with Gasteiger partial charge in [-0.15, -0.1) is 0 Å². The first kappa shape index (κ1) is 18.8. The summed E-state index contributed by atoms with van der Waals surface area (Å²) in [5.41, 5.74) is 0.703. The molecule has 1 atom stereocenters. The molecule has 0 bridgehead atoms. The SMILES string of the molecule is CC(C)(C)OC(=O)NCc1cccc(C(=O)NCC2CCC(=O)O2)c1. The molecule has 2 N–H and O–H groups in total. The van der Waals surface area contributed by atoms with Gasteiger partial charge in [0.25, 0.3) is 5.91 Å². The Morgan fingerprint density at radius 1 is 1.28 bits per heavy atom. The number of cyclic esters (lactones) is 1. The summed E-state index contributed by atoms with van der Waals surface area (Å²) in [5.74, 6) is -0.475. The van der Waals surface area contributed by atoms with Gasteiger partial charge in [-0.1, -0.05) is 12.1 Å². The van der Waals surface area contributed by atoms with Crippen LogP contribution in [0.2, 0.25) is 0 Å². The van der Waals surface area contributed by atoms with Crippen molar-refractivity contribution in [2.24, 2.45) is 0 Å². The molecular weight excluding hydrogens is 324 g/mol. The number of hydrogen-bond acceptors (Lipinski definition) is 5. The van der Waals surface area contributed by atoms with Crippen molar-refractivity contribution in [2.75, 3.05) is 6.54 Å². The molecule has 1 heterocycles. The van der Waals surface area contributed by atoms with Crippen LogP contribution in [0.25, 0.3) is 0 Å². The van der Waals surface area contributed by atoms with Gasteiger partial charge in [-0.05, 0) is 44.9 Å². The normalized spacial score (nSPS) is 16.9. The average Bonchev–Trinajstić information content (AvgIpc) is 2.95. The predicted molar refractivity (Wildman–Crippen MR) is 91.0 cm³/mol. The van der Waals surface area contributed by atoms with Gasteiger partial charge in [0.1, 0.15) is 11.7 Å². The van der Waals surface area contributed by atoms with Crippen molar-refractivity contribution in [3.8, 4) is 0 Å². The molecule has 136 valence electrons. The van der Waals surface area contributed by atoms with Gasteiger partial charge in [0.15, 0.2) is 0 Å². The minimum absolute atomic E-state index is 0.227. The second-order valence-corrected chi connectivity index (χ2v) is 6.92. The standard InChI is InChI=1S/C18H24N2O5/c1-18(2,3)25-17(23)20-10-12-5-4-6-13(9-12)16(22)19-11-14-7-8-15(21)24-14/h4-6,9,14H,7-8,10-11H2,1-3H3,(H,19,22)(H,20,23). The lowest BCUT2D eigenvalue weighted by Gasteiger charge is -2.19. The fourth-order valence-electron chi connectivity index (χ4n) is 2.35. The number of hydrogen-bond donors (Lipinski definition) is 2. The Morgan fingerprint density at radius 2 is 2.04 bits per heavy atom. The van der Waals surface area contributed by atoms with E-state index < -0.39 is 11.7 Å². The Balaban J connectivity index is 1.84. The summed E-state index contributed by atoms with van der Waals surface area (Å²) in [7, 11) is 0. The largest absolute Gasteiger partial charge is 0.460 e. The first-order chi connectivity index (χ1) is 11.7. The fraction of sp³-hybridized carbons (Fsp3) is 0.500. The van der Waals surface area contributed by atoms with Crippen molar-refractivity contribution in [3.05, 3.63) is 35.4 Å². The Labute approximate surface area is 147 Å². The van der Waals surface area contributed by atoms with E-state index >= 15 is 0 Å². The molecule has 0 aliphatic carbocycles. The zero-order valence-corrected chi connectivity index (χ0v) is 14.8. The van der Waals surface area contributed by atoms with Crippen LogP contribution in [0.3, 0.4) is 0 Å². The lowest BCUT2D eigenvalue weighted by Crippen LogP contribution is -2.33. The second kappa shape index (κ2) is 8.00. The van der Waals surface area contributed by atoms with Crippen LogP contribution in [0, 0.1) is 0 Å². The number of rotatable bonds is 5.